The second-order valence-corrected chi connectivity index (χ2v) is 6.62. The Morgan fingerprint density at radius 3 is 2.39 bits per heavy atom. The molecule has 2 unspecified atom stereocenters. The minimum atomic E-state index is -4.21. The van der Waals surface area contributed by atoms with Gasteiger partial charge in [-0.1, -0.05) is 6.92 Å². The van der Waals surface area contributed by atoms with Gasteiger partial charge in [0.1, 0.15) is 0 Å². The lowest BCUT2D eigenvalue weighted by Crippen LogP contribution is -2.43. The van der Waals surface area contributed by atoms with E-state index in [1.54, 1.807) is 13.8 Å². The summed E-state index contributed by atoms with van der Waals surface area (Å²) in [5, 5.41) is 0. The number of alkyl halides is 3. The second kappa shape index (κ2) is 6.36. The van der Waals surface area contributed by atoms with E-state index >= 15 is 0 Å². The molecule has 1 heterocycles. The van der Waals surface area contributed by atoms with Crippen LogP contribution >= 0.6 is 27.3 Å². The van der Waals surface area contributed by atoms with Crippen LogP contribution in [-0.2, 0) is 0 Å². The largest absolute Gasteiger partial charge is 0.401 e. The summed E-state index contributed by atoms with van der Waals surface area (Å²) in [6.45, 7) is 2.81. The van der Waals surface area contributed by atoms with Crippen LogP contribution in [-0.4, -0.2) is 30.2 Å². The molecule has 0 spiro atoms. The molecule has 0 saturated heterocycles. The van der Waals surface area contributed by atoms with Gasteiger partial charge >= 0.3 is 6.18 Å². The molecule has 2 N–H and O–H groups in total. The molecular weight excluding hydrogens is 329 g/mol. The first kappa shape index (κ1) is 15.9. The van der Waals surface area contributed by atoms with Crippen LogP contribution in [0, 0.1) is 0 Å². The van der Waals surface area contributed by atoms with E-state index in [4.69, 9.17) is 5.73 Å². The van der Waals surface area contributed by atoms with Gasteiger partial charge in [-0.3, -0.25) is 4.90 Å². The first-order valence-electron chi connectivity index (χ1n) is 5.56. The molecular formula is C11H16BrF3N2S. The molecule has 0 amide bonds. The van der Waals surface area contributed by atoms with Gasteiger partial charge in [0.2, 0.25) is 0 Å². The smallest absolute Gasteiger partial charge is 0.326 e. The zero-order valence-corrected chi connectivity index (χ0v) is 12.6. The van der Waals surface area contributed by atoms with Crippen molar-refractivity contribution in [2.75, 3.05) is 13.1 Å². The molecule has 0 aliphatic rings. The lowest BCUT2D eigenvalue weighted by Gasteiger charge is -2.33. The van der Waals surface area contributed by atoms with E-state index in [0.29, 0.717) is 6.54 Å². The molecule has 1 aromatic rings. The Hall–Kier alpha value is -0.110. The van der Waals surface area contributed by atoms with Crippen LogP contribution in [0.15, 0.2) is 15.9 Å². The maximum atomic E-state index is 12.5. The highest BCUT2D eigenvalue weighted by Gasteiger charge is 2.35. The number of halogens is 4. The number of likely N-dealkylation sites (N-methyl/N-ethyl adjacent to an activating group) is 1. The van der Waals surface area contributed by atoms with Crippen LogP contribution in [0.5, 0.6) is 0 Å². The Balaban J connectivity index is 2.96. The third-order valence-electron chi connectivity index (χ3n) is 2.57. The minimum absolute atomic E-state index is 0.307. The topological polar surface area (TPSA) is 29.3 Å². The van der Waals surface area contributed by atoms with Crippen LogP contribution in [0.2, 0.25) is 0 Å². The zero-order chi connectivity index (χ0) is 13.9. The molecule has 0 fully saturated rings. The lowest BCUT2D eigenvalue weighted by atomic mass is 10.1. The molecule has 1 aromatic heterocycles. The molecule has 2 nitrogen and oxygen atoms in total. The highest BCUT2D eigenvalue weighted by molar-refractivity contribution is 9.11. The number of nitrogens with zero attached hydrogens (tertiary/aromatic N) is 1. The summed E-state index contributed by atoms with van der Waals surface area (Å²) in [7, 11) is 0. The number of hydrogen-bond acceptors (Lipinski definition) is 3. The van der Waals surface area contributed by atoms with Crippen LogP contribution in [0.4, 0.5) is 13.2 Å². The summed E-state index contributed by atoms with van der Waals surface area (Å²) in [5.41, 5.74) is 5.86. The first-order valence-corrected chi connectivity index (χ1v) is 7.17. The zero-order valence-electron chi connectivity index (χ0n) is 10.2. The number of rotatable bonds is 5. The van der Waals surface area contributed by atoms with Crippen LogP contribution in [0.25, 0.3) is 0 Å². The first-order chi connectivity index (χ1) is 8.24. The molecule has 0 radical (unpaired) electrons. The Bertz CT molecular complexity index is 379. The monoisotopic (exact) mass is 344 g/mol. The van der Waals surface area contributed by atoms with E-state index in [1.165, 1.54) is 16.2 Å². The molecule has 0 bridgehead atoms. The Morgan fingerprint density at radius 1 is 1.44 bits per heavy atom. The van der Waals surface area contributed by atoms with Gasteiger partial charge in [-0.05, 0) is 41.5 Å². The fourth-order valence-electron chi connectivity index (χ4n) is 1.90. The molecule has 0 aliphatic heterocycles. The summed E-state index contributed by atoms with van der Waals surface area (Å²) in [4.78, 5) is 2.21. The van der Waals surface area contributed by atoms with Crippen molar-refractivity contribution in [2.45, 2.75) is 32.1 Å². The van der Waals surface area contributed by atoms with Gasteiger partial charge in [0, 0.05) is 10.9 Å². The average molecular weight is 345 g/mol. The SMILES string of the molecule is CCN(CC(F)(F)F)C(c1ccc(Br)s1)C(C)N. The molecule has 0 saturated carbocycles. The number of hydrogen-bond donors (Lipinski definition) is 1. The Labute approximate surface area is 117 Å². The summed E-state index contributed by atoms with van der Waals surface area (Å²) in [5.74, 6) is 0. The third kappa shape index (κ3) is 4.53. The predicted molar refractivity (Wildman–Crippen MR) is 71.7 cm³/mol. The molecule has 0 aromatic carbocycles. The van der Waals surface area contributed by atoms with Gasteiger partial charge in [-0.25, -0.2) is 0 Å². The van der Waals surface area contributed by atoms with Crippen molar-refractivity contribution in [1.82, 2.24) is 4.90 Å². The summed E-state index contributed by atoms with van der Waals surface area (Å²) >= 11 is 4.74. The summed E-state index contributed by atoms with van der Waals surface area (Å²) in [6.07, 6.45) is -4.21. The van der Waals surface area contributed by atoms with Crippen molar-refractivity contribution < 1.29 is 13.2 Å². The van der Waals surface area contributed by atoms with Crippen molar-refractivity contribution in [3.63, 3.8) is 0 Å². The van der Waals surface area contributed by atoms with Gasteiger partial charge in [0.05, 0.1) is 16.4 Å². The third-order valence-corrected chi connectivity index (χ3v) is 4.26. The molecule has 1 rings (SSSR count). The van der Waals surface area contributed by atoms with Crippen molar-refractivity contribution in [3.05, 3.63) is 20.8 Å². The van der Waals surface area contributed by atoms with E-state index in [9.17, 15) is 13.2 Å². The van der Waals surface area contributed by atoms with Crippen molar-refractivity contribution >= 4 is 27.3 Å². The van der Waals surface area contributed by atoms with Gasteiger partial charge in [-0.2, -0.15) is 13.2 Å². The fourth-order valence-corrected chi connectivity index (χ4v) is 3.57. The Morgan fingerprint density at radius 2 is 2.06 bits per heavy atom. The maximum absolute atomic E-state index is 12.5. The fraction of sp³-hybridized carbons (Fsp3) is 0.636. The van der Waals surface area contributed by atoms with Gasteiger partial charge in [0.15, 0.2) is 0 Å². The van der Waals surface area contributed by atoms with Crippen LogP contribution in [0.3, 0.4) is 0 Å². The highest BCUT2D eigenvalue weighted by Crippen LogP contribution is 2.33. The predicted octanol–water partition coefficient (Wildman–Crippen LogP) is 3.78. The average Bonchev–Trinajstić information content (AvgIpc) is 2.61. The van der Waals surface area contributed by atoms with E-state index in [0.717, 1.165) is 8.66 Å². The van der Waals surface area contributed by atoms with Crippen molar-refractivity contribution in [1.29, 1.82) is 0 Å². The molecule has 18 heavy (non-hydrogen) atoms. The quantitative estimate of drug-likeness (QED) is 0.880. The van der Waals surface area contributed by atoms with Gasteiger partial charge in [0.25, 0.3) is 0 Å². The normalized spacial score (nSPS) is 16.0. The number of thiophene rings is 1. The van der Waals surface area contributed by atoms with Crippen LogP contribution in [0.1, 0.15) is 24.8 Å². The molecule has 0 aliphatic carbocycles. The maximum Gasteiger partial charge on any atom is 0.401 e. The number of nitrogens with two attached hydrogens (primary N) is 1. The Kier molecular flexibility index (Phi) is 5.64. The summed E-state index contributed by atoms with van der Waals surface area (Å²) < 4.78 is 38.5. The van der Waals surface area contributed by atoms with Gasteiger partial charge < -0.3 is 5.73 Å². The molecule has 2 atom stereocenters. The lowest BCUT2D eigenvalue weighted by molar-refractivity contribution is -0.151. The van der Waals surface area contributed by atoms with Crippen LogP contribution < -0.4 is 5.73 Å². The standard InChI is InChI=1S/C11H16BrF3N2S/c1-3-17(6-11(13,14)15)10(7(2)16)8-4-5-9(12)18-8/h4-5,7,10H,3,6,16H2,1-2H3. The van der Waals surface area contributed by atoms with Crippen molar-refractivity contribution in [3.8, 4) is 0 Å². The summed E-state index contributed by atoms with van der Waals surface area (Å²) in [6, 6.07) is 2.88. The van der Waals surface area contributed by atoms with E-state index in [2.05, 4.69) is 15.9 Å². The van der Waals surface area contributed by atoms with E-state index in [1.807, 2.05) is 12.1 Å². The van der Waals surface area contributed by atoms with E-state index < -0.39 is 18.8 Å². The minimum Gasteiger partial charge on any atom is -0.326 e. The highest BCUT2D eigenvalue weighted by atomic mass is 79.9. The van der Waals surface area contributed by atoms with E-state index in [-0.39, 0.29) is 6.04 Å². The molecule has 7 heteroatoms. The molecule has 104 valence electrons. The van der Waals surface area contributed by atoms with Crippen molar-refractivity contribution in [2.24, 2.45) is 5.73 Å². The second-order valence-electron chi connectivity index (χ2n) is 4.12. The van der Waals surface area contributed by atoms with Gasteiger partial charge in [-0.15, -0.1) is 11.3 Å².